The predicted octanol–water partition coefficient (Wildman–Crippen LogP) is 5.32. The van der Waals surface area contributed by atoms with Crippen molar-refractivity contribution in [2.75, 3.05) is 0 Å². The highest BCUT2D eigenvalue weighted by Crippen LogP contribution is 2.13. The molecule has 0 aliphatic heterocycles. The first-order chi connectivity index (χ1) is 8.99. The topological polar surface area (TPSA) is 34.1 Å². The van der Waals surface area contributed by atoms with Crippen molar-refractivity contribution in [3.63, 3.8) is 0 Å². The lowest BCUT2D eigenvalue weighted by Crippen LogP contribution is -1.60. The third-order valence-electron chi connectivity index (χ3n) is 1.61. The average Bonchev–Trinajstić information content (AvgIpc) is 2.38. The fourth-order valence-corrected chi connectivity index (χ4v) is 1.36. The highest BCUT2D eigenvalue weighted by Gasteiger charge is 1.84. The molecule has 2 aromatic carbocycles. The van der Waals surface area contributed by atoms with Gasteiger partial charge in [0.25, 0.3) is 0 Å². The van der Waals surface area contributed by atoms with Gasteiger partial charge in [0.1, 0.15) is 0 Å². The Balaban J connectivity index is 0.000000284. The van der Waals surface area contributed by atoms with Crippen LogP contribution in [0.2, 0.25) is 20.1 Å². The maximum Gasteiger partial charge on any atom is 0.335 e. The van der Waals surface area contributed by atoms with Crippen LogP contribution in [0, 0.1) is 0 Å². The SMILES string of the molecule is Clc1ccc(Cl)cc1.Clc1ccc(Cl)cc1.O=S=O. The van der Waals surface area contributed by atoms with Crippen molar-refractivity contribution in [1.82, 2.24) is 0 Å². The van der Waals surface area contributed by atoms with E-state index in [0.29, 0.717) is 0 Å². The Morgan fingerprint density at radius 3 is 0.737 bits per heavy atom. The van der Waals surface area contributed by atoms with Gasteiger partial charge >= 0.3 is 11.6 Å². The number of benzene rings is 2. The van der Waals surface area contributed by atoms with Gasteiger partial charge in [0.05, 0.1) is 0 Å². The highest BCUT2D eigenvalue weighted by atomic mass is 35.5. The number of halogens is 4. The maximum atomic E-state index is 8.29. The summed E-state index contributed by atoms with van der Waals surface area (Å²) >= 11 is 21.5. The zero-order chi connectivity index (χ0) is 14.7. The molecule has 0 spiro atoms. The number of rotatable bonds is 0. The highest BCUT2D eigenvalue weighted by molar-refractivity contribution is 7.51. The van der Waals surface area contributed by atoms with Gasteiger partial charge in [0.2, 0.25) is 0 Å². The van der Waals surface area contributed by atoms with E-state index in [9.17, 15) is 0 Å². The summed E-state index contributed by atoms with van der Waals surface area (Å²) in [6.07, 6.45) is 0. The van der Waals surface area contributed by atoms with E-state index < -0.39 is 11.6 Å². The summed E-state index contributed by atoms with van der Waals surface area (Å²) in [5, 5.41) is 2.87. The Bertz CT molecular complexity index is 423. The van der Waals surface area contributed by atoms with Gasteiger partial charge in [-0.3, -0.25) is 0 Å². The molecule has 7 heteroatoms. The van der Waals surface area contributed by atoms with E-state index in [2.05, 4.69) is 0 Å². The van der Waals surface area contributed by atoms with E-state index in [1.807, 2.05) is 0 Å². The molecule has 0 unspecified atom stereocenters. The summed E-state index contributed by atoms with van der Waals surface area (Å²) in [5.74, 6) is 0. The monoisotopic (exact) mass is 356 g/mol. The van der Waals surface area contributed by atoms with Crippen molar-refractivity contribution >= 4 is 58.0 Å². The summed E-state index contributed by atoms with van der Waals surface area (Å²) in [7, 11) is 0. The maximum absolute atomic E-state index is 8.29. The van der Waals surface area contributed by atoms with E-state index in [4.69, 9.17) is 54.8 Å². The van der Waals surface area contributed by atoms with E-state index in [1.165, 1.54) is 0 Å². The molecule has 0 saturated carbocycles. The first-order valence-electron chi connectivity index (χ1n) is 4.73. The lowest BCUT2D eigenvalue weighted by Gasteiger charge is -1.86. The molecule has 0 atom stereocenters. The summed E-state index contributed by atoms with van der Waals surface area (Å²) in [4.78, 5) is 0. The number of hydrogen-bond acceptors (Lipinski definition) is 2. The Morgan fingerprint density at radius 1 is 0.526 bits per heavy atom. The van der Waals surface area contributed by atoms with E-state index >= 15 is 0 Å². The first-order valence-corrected chi connectivity index (χ1v) is 6.91. The fraction of sp³-hybridized carbons (Fsp3) is 0. The Kier molecular flexibility index (Phi) is 10.9. The van der Waals surface area contributed by atoms with Gasteiger partial charge in [-0.15, -0.1) is 0 Å². The molecule has 0 bridgehead atoms. The van der Waals surface area contributed by atoms with E-state index in [0.717, 1.165) is 20.1 Å². The molecule has 0 saturated heterocycles. The largest absolute Gasteiger partial charge is 0.335 e. The number of hydrogen-bond donors (Lipinski definition) is 0. The molecule has 0 aromatic heterocycles. The van der Waals surface area contributed by atoms with Gasteiger partial charge in [-0.1, -0.05) is 46.4 Å². The quantitative estimate of drug-likeness (QED) is 0.639. The summed E-state index contributed by atoms with van der Waals surface area (Å²) in [5.41, 5.74) is 0. The molecule has 2 nitrogen and oxygen atoms in total. The van der Waals surface area contributed by atoms with Crippen LogP contribution in [-0.2, 0) is 11.6 Å². The summed E-state index contributed by atoms with van der Waals surface area (Å²) in [6, 6.07) is 14.0. The molecule has 2 aromatic rings. The van der Waals surface area contributed by atoms with Crippen LogP contribution in [0.1, 0.15) is 0 Å². The van der Waals surface area contributed by atoms with Crippen molar-refractivity contribution in [3.8, 4) is 0 Å². The van der Waals surface area contributed by atoms with Crippen molar-refractivity contribution in [1.29, 1.82) is 0 Å². The molecule has 0 N–H and O–H groups in total. The minimum Gasteiger partial charge on any atom is -0.168 e. The molecule has 19 heavy (non-hydrogen) atoms. The lowest BCUT2D eigenvalue weighted by atomic mass is 10.4. The van der Waals surface area contributed by atoms with E-state index in [-0.39, 0.29) is 0 Å². The van der Waals surface area contributed by atoms with Crippen molar-refractivity contribution in [3.05, 3.63) is 68.6 Å². The van der Waals surface area contributed by atoms with Gasteiger partial charge in [-0.05, 0) is 48.5 Å². The van der Waals surface area contributed by atoms with Gasteiger partial charge in [-0.25, -0.2) is 0 Å². The Hall–Kier alpha value is -0.580. The normalized spacial score (nSPS) is 8.42. The van der Waals surface area contributed by atoms with Crippen LogP contribution < -0.4 is 0 Å². The minimum atomic E-state index is -0.750. The second-order valence-corrected chi connectivity index (χ2v) is 4.82. The Morgan fingerprint density at radius 2 is 0.632 bits per heavy atom. The molecule has 0 radical (unpaired) electrons. The van der Waals surface area contributed by atoms with Crippen LogP contribution >= 0.6 is 46.4 Å². The molecule has 0 amide bonds. The first kappa shape index (κ1) is 18.4. The van der Waals surface area contributed by atoms with Crippen molar-refractivity contribution in [2.24, 2.45) is 0 Å². The molecule has 2 rings (SSSR count). The van der Waals surface area contributed by atoms with Crippen LogP contribution in [0.25, 0.3) is 0 Å². The molecular formula is C12H8Cl4O2S. The van der Waals surface area contributed by atoms with Crippen LogP contribution in [0.4, 0.5) is 0 Å². The van der Waals surface area contributed by atoms with Crippen molar-refractivity contribution in [2.45, 2.75) is 0 Å². The van der Waals surface area contributed by atoms with Crippen LogP contribution in [0.5, 0.6) is 0 Å². The zero-order valence-electron chi connectivity index (χ0n) is 9.36. The van der Waals surface area contributed by atoms with Crippen LogP contribution in [-0.4, -0.2) is 8.42 Å². The zero-order valence-corrected chi connectivity index (χ0v) is 13.2. The predicted molar refractivity (Wildman–Crippen MR) is 81.8 cm³/mol. The van der Waals surface area contributed by atoms with Gasteiger partial charge in [-0.2, -0.15) is 8.42 Å². The second-order valence-electron chi connectivity index (χ2n) is 2.94. The fourth-order valence-electron chi connectivity index (χ4n) is 0.859. The molecule has 0 aliphatic rings. The smallest absolute Gasteiger partial charge is 0.168 e. The molecule has 0 fully saturated rings. The average molecular weight is 358 g/mol. The van der Waals surface area contributed by atoms with Crippen LogP contribution in [0.15, 0.2) is 48.5 Å². The third kappa shape index (κ3) is 11.0. The lowest BCUT2D eigenvalue weighted by molar-refractivity contribution is 0.630. The third-order valence-corrected chi connectivity index (χ3v) is 2.61. The molecular weight excluding hydrogens is 350 g/mol. The second kappa shape index (κ2) is 11.3. The van der Waals surface area contributed by atoms with E-state index in [1.54, 1.807) is 48.5 Å². The van der Waals surface area contributed by atoms with Gasteiger partial charge in [0, 0.05) is 20.1 Å². The standard InChI is InChI=1S/2C6H4Cl2.O2S/c2*7-5-1-2-6(8)4-3-5;1-3-2/h2*1-4H;. The minimum absolute atomic E-state index is 0.717. The van der Waals surface area contributed by atoms with Gasteiger partial charge in [0.15, 0.2) is 0 Å². The van der Waals surface area contributed by atoms with Gasteiger partial charge < -0.3 is 0 Å². The Labute approximate surface area is 134 Å². The van der Waals surface area contributed by atoms with Crippen molar-refractivity contribution < 1.29 is 8.42 Å². The molecule has 0 heterocycles. The molecule has 102 valence electrons. The van der Waals surface area contributed by atoms with Crippen LogP contribution in [0.3, 0.4) is 0 Å². The summed E-state index contributed by atoms with van der Waals surface area (Å²) in [6.45, 7) is 0. The molecule has 0 aliphatic carbocycles. The summed E-state index contributed by atoms with van der Waals surface area (Å²) < 4.78 is 16.6.